The molecule has 4 heteroatoms. The van der Waals surface area contributed by atoms with Crippen LogP contribution in [0.5, 0.6) is 0 Å². The fourth-order valence-corrected chi connectivity index (χ4v) is 2.33. The Morgan fingerprint density at radius 2 is 2.05 bits per heavy atom. The minimum absolute atomic E-state index is 0.420. The molecule has 1 aromatic heterocycles. The summed E-state index contributed by atoms with van der Waals surface area (Å²) in [5, 5.41) is 3.42. The number of aromatic nitrogens is 2. The molecule has 1 fully saturated rings. The summed E-state index contributed by atoms with van der Waals surface area (Å²) in [6.45, 7) is 1.80. The largest absolute Gasteiger partial charge is 0.385 e. The molecule has 0 aliphatic heterocycles. The van der Waals surface area contributed by atoms with E-state index in [0.717, 1.165) is 36.4 Å². The van der Waals surface area contributed by atoms with Crippen molar-refractivity contribution < 1.29 is 4.74 Å². The van der Waals surface area contributed by atoms with Gasteiger partial charge in [0.1, 0.15) is 5.82 Å². The minimum Gasteiger partial charge on any atom is -0.385 e. The number of ether oxygens (including phenoxy) is 1. The van der Waals surface area contributed by atoms with Crippen LogP contribution in [0.2, 0.25) is 0 Å². The Bertz CT molecular complexity index is 566. The molecular weight excluding hydrogens is 238 g/mol. The number of hydrogen-bond acceptors (Lipinski definition) is 4. The summed E-state index contributed by atoms with van der Waals surface area (Å²) in [4.78, 5) is 9.00. The average molecular weight is 257 g/mol. The number of anilines is 1. The van der Waals surface area contributed by atoms with Crippen molar-refractivity contribution in [2.24, 2.45) is 5.41 Å². The molecule has 4 nitrogen and oxygen atoms in total. The zero-order valence-corrected chi connectivity index (χ0v) is 11.2. The van der Waals surface area contributed by atoms with E-state index < -0.39 is 0 Å². The van der Waals surface area contributed by atoms with E-state index in [9.17, 15) is 0 Å². The number of para-hydroxylation sites is 2. The van der Waals surface area contributed by atoms with E-state index in [4.69, 9.17) is 4.74 Å². The number of benzene rings is 1. The number of nitrogens with zero attached hydrogens (tertiary/aromatic N) is 2. The van der Waals surface area contributed by atoms with Crippen molar-refractivity contribution in [1.82, 2.24) is 9.97 Å². The maximum Gasteiger partial charge on any atom is 0.145 e. The van der Waals surface area contributed by atoms with Gasteiger partial charge in [-0.1, -0.05) is 12.1 Å². The lowest BCUT2D eigenvalue weighted by molar-refractivity contribution is 0.175. The third-order valence-electron chi connectivity index (χ3n) is 3.89. The second kappa shape index (κ2) is 5.13. The van der Waals surface area contributed by atoms with Crippen molar-refractivity contribution in [3.63, 3.8) is 0 Å². The summed E-state index contributed by atoms with van der Waals surface area (Å²) in [6, 6.07) is 7.94. The maximum atomic E-state index is 5.17. The third-order valence-corrected chi connectivity index (χ3v) is 3.89. The topological polar surface area (TPSA) is 47.0 Å². The molecule has 1 N–H and O–H groups in total. The Hall–Kier alpha value is -1.68. The Kier molecular flexibility index (Phi) is 3.34. The highest BCUT2D eigenvalue weighted by atomic mass is 16.5. The summed E-state index contributed by atoms with van der Waals surface area (Å²) in [7, 11) is 1.76. The molecule has 19 heavy (non-hydrogen) atoms. The number of hydrogen-bond donors (Lipinski definition) is 1. The molecule has 0 spiro atoms. The summed E-state index contributed by atoms with van der Waals surface area (Å²) in [5.41, 5.74) is 2.30. The van der Waals surface area contributed by atoms with Crippen molar-refractivity contribution in [2.75, 3.05) is 25.6 Å². The lowest BCUT2D eigenvalue weighted by Gasteiger charge is -2.15. The van der Waals surface area contributed by atoms with E-state index in [0.29, 0.717) is 5.41 Å². The van der Waals surface area contributed by atoms with E-state index in [-0.39, 0.29) is 0 Å². The van der Waals surface area contributed by atoms with Gasteiger partial charge in [0.2, 0.25) is 0 Å². The SMILES string of the molecule is COCCC1(CNc2cnc3ccccc3n2)CC1. The van der Waals surface area contributed by atoms with Gasteiger partial charge in [-0.05, 0) is 36.8 Å². The molecule has 0 atom stereocenters. The first-order valence-corrected chi connectivity index (χ1v) is 6.76. The minimum atomic E-state index is 0.420. The van der Waals surface area contributed by atoms with Crippen LogP contribution in [0.3, 0.4) is 0 Å². The van der Waals surface area contributed by atoms with E-state index in [1.165, 1.54) is 12.8 Å². The van der Waals surface area contributed by atoms with Gasteiger partial charge in [-0.15, -0.1) is 0 Å². The molecule has 0 bridgehead atoms. The molecule has 1 saturated carbocycles. The molecular formula is C15H19N3O. The highest BCUT2D eigenvalue weighted by Crippen LogP contribution is 2.48. The summed E-state index contributed by atoms with van der Waals surface area (Å²) in [6.07, 6.45) is 5.50. The van der Waals surface area contributed by atoms with Crippen molar-refractivity contribution in [3.05, 3.63) is 30.5 Å². The predicted molar refractivity (Wildman–Crippen MR) is 76.2 cm³/mol. The van der Waals surface area contributed by atoms with Crippen LogP contribution in [-0.2, 0) is 4.74 Å². The highest BCUT2D eigenvalue weighted by molar-refractivity contribution is 5.75. The molecule has 3 rings (SSSR count). The van der Waals surface area contributed by atoms with Crippen LogP contribution in [0, 0.1) is 5.41 Å². The van der Waals surface area contributed by atoms with E-state index in [1.54, 1.807) is 7.11 Å². The van der Waals surface area contributed by atoms with Gasteiger partial charge < -0.3 is 10.1 Å². The van der Waals surface area contributed by atoms with Crippen LogP contribution in [0.1, 0.15) is 19.3 Å². The Balaban J connectivity index is 1.65. The second-order valence-electron chi connectivity index (χ2n) is 5.34. The number of methoxy groups -OCH3 is 1. The van der Waals surface area contributed by atoms with Gasteiger partial charge in [-0.2, -0.15) is 0 Å². The molecule has 1 aliphatic rings. The van der Waals surface area contributed by atoms with Crippen molar-refractivity contribution in [1.29, 1.82) is 0 Å². The number of fused-ring (bicyclic) bond motifs is 1. The molecule has 0 unspecified atom stereocenters. The molecule has 0 saturated heterocycles. The standard InChI is InChI=1S/C15H19N3O/c1-19-9-8-15(6-7-15)11-17-14-10-16-12-4-2-3-5-13(12)18-14/h2-5,10H,6-9,11H2,1H3,(H,17,18). The fraction of sp³-hybridized carbons (Fsp3) is 0.467. The Labute approximate surface area is 113 Å². The zero-order valence-electron chi connectivity index (χ0n) is 11.2. The zero-order chi connectivity index (χ0) is 13.1. The summed E-state index contributed by atoms with van der Waals surface area (Å²) >= 11 is 0. The predicted octanol–water partition coefficient (Wildman–Crippen LogP) is 2.86. The molecule has 0 radical (unpaired) electrons. The van der Waals surface area contributed by atoms with Crippen LogP contribution in [0.4, 0.5) is 5.82 Å². The molecule has 2 aromatic rings. The average Bonchev–Trinajstić information content (AvgIpc) is 3.23. The smallest absolute Gasteiger partial charge is 0.145 e. The lowest BCUT2D eigenvalue weighted by Crippen LogP contribution is -2.18. The Morgan fingerprint density at radius 3 is 2.79 bits per heavy atom. The first-order chi connectivity index (χ1) is 9.31. The third kappa shape index (κ3) is 2.84. The second-order valence-corrected chi connectivity index (χ2v) is 5.34. The molecule has 100 valence electrons. The first-order valence-electron chi connectivity index (χ1n) is 6.76. The van der Waals surface area contributed by atoms with Gasteiger partial charge in [0.15, 0.2) is 0 Å². The molecule has 0 amide bonds. The lowest BCUT2D eigenvalue weighted by atomic mass is 10.0. The van der Waals surface area contributed by atoms with Gasteiger partial charge in [0.25, 0.3) is 0 Å². The van der Waals surface area contributed by atoms with Gasteiger partial charge in [-0.3, -0.25) is 4.98 Å². The molecule has 1 aliphatic carbocycles. The van der Waals surface area contributed by atoms with Crippen molar-refractivity contribution in [3.8, 4) is 0 Å². The molecule has 1 aromatic carbocycles. The maximum absolute atomic E-state index is 5.17. The van der Waals surface area contributed by atoms with Gasteiger partial charge in [0, 0.05) is 20.3 Å². The molecule has 1 heterocycles. The summed E-state index contributed by atoms with van der Waals surface area (Å²) < 4.78 is 5.17. The van der Waals surface area contributed by atoms with Crippen LogP contribution < -0.4 is 5.32 Å². The van der Waals surface area contributed by atoms with Gasteiger partial charge in [0.05, 0.1) is 17.2 Å². The number of rotatable bonds is 6. The van der Waals surface area contributed by atoms with Crippen LogP contribution in [-0.4, -0.2) is 30.2 Å². The van der Waals surface area contributed by atoms with Crippen molar-refractivity contribution in [2.45, 2.75) is 19.3 Å². The van der Waals surface area contributed by atoms with E-state index >= 15 is 0 Å². The first kappa shape index (κ1) is 12.4. The van der Waals surface area contributed by atoms with Gasteiger partial charge in [-0.25, -0.2) is 4.98 Å². The van der Waals surface area contributed by atoms with Crippen molar-refractivity contribution >= 4 is 16.9 Å². The monoisotopic (exact) mass is 257 g/mol. The van der Waals surface area contributed by atoms with Crippen LogP contribution in [0.25, 0.3) is 11.0 Å². The number of nitrogens with one attached hydrogen (secondary N) is 1. The van der Waals surface area contributed by atoms with E-state index in [1.807, 2.05) is 30.5 Å². The Morgan fingerprint density at radius 1 is 1.26 bits per heavy atom. The fourth-order valence-electron chi connectivity index (χ4n) is 2.33. The van der Waals surface area contributed by atoms with E-state index in [2.05, 4.69) is 15.3 Å². The highest BCUT2D eigenvalue weighted by Gasteiger charge is 2.41. The van der Waals surface area contributed by atoms with Crippen LogP contribution >= 0.6 is 0 Å². The quantitative estimate of drug-likeness (QED) is 0.864. The van der Waals surface area contributed by atoms with Gasteiger partial charge >= 0.3 is 0 Å². The normalized spacial score (nSPS) is 16.5. The van der Waals surface area contributed by atoms with Crippen LogP contribution in [0.15, 0.2) is 30.5 Å². The summed E-state index contributed by atoms with van der Waals surface area (Å²) in [5.74, 6) is 0.863.